The van der Waals surface area contributed by atoms with E-state index in [2.05, 4.69) is 64.4 Å². The van der Waals surface area contributed by atoms with Crippen LogP contribution in [0.4, 0.5) is 17.8 Å². The van der Waals surface area contributed by atoms with Crippen LogP contribution in [0, 0.1) is 0 Å². The Bertz CT molecular complexity index is 4920. The minimum atomic E-state index is -0.922. The second-order valence-corrected chi connectivity index (χ2v) is 36.3. The number of ether oxygens (including phenoxy) is 3. The van der Waals surface area contributed by atoms with Gasteiger partial charge < -0.3 is 75.5 Å². The molecule has 0 spiro atoms. The highest BCUT2D eigenvalue weighted by atomic mass is 16.5. The summed E-state index contributed by atoms with van der Waals surface area (Å²) in [4.78, 5) is 59.1. The number of hydrogen-bond acceptors (Lipinski definition) is 24. The summed E-state index contributed by atoms with van der Waals surface area (Å²) in [5, 5.41) is 99.5. The lowest BCUT2D eigenvalue weighted by Crippen LogP contribution is -2.65. The van der Waals surface area contributed by atoms with Crippen molar-refractivity contribution in [1.82, 2.24) is 87.8 Å². The third-order valence-corrected chi connectivity index (χ3v) is 24.4. The molecule has 0 radical (unpaired) electrons. The molecule has 9 aromatic rings. The van der Waals surface area contributed by atoms with Crippen LogP contribution in [-0.2, 0) is 45.2 Å². The summed E-state index contributed by atoms with van der Waals surface area (Å²) in [7, 11) is 5.00. The molecule has 9 aromatic heterocycles. The van der Waals surface area contributed by atoms with Gasteiger partial charge in [0.2, 0.25) is 35.6 Å². The highest BCUT2D eigenvalue weighted by Crippen LogP contribution is 2.43. The third kappa shape index (κ3) is 19.0. The third-order valence-electron chi connectivity index (χ3n) is 24.4. The van der Waals surface area contributed by atoms with Crippen LogP contribution < -0.4 is 16.0 Å². The number of carbonyl (C=O) groups excluding carboxylic acids is 3. The monoisotopic (exact) mass is 1620 g/mol. The quantitative estimate of drug-likeness (QED) is 0.0274. The Morgan fingerprint density at radius 2 is 0.726 bits per heavy atom. The van der Waals surface area contributed by atoms with Crippen molar-refractivity contribution in [2.75, 3.05) is 96.4 Å². The van der Waals surface area contributed by atoms with Crippen LogP contribution >= 0.6 is 0 Å². The number of β-amino-alcohol motifs (C(OH)–C–C–N with tert-alkyl or cyclic N) is 3. The molecule has 9 N–H and O–H groups in total. The summed E-state index contributed by atoms with van der Waals surface area (Å²) in [6, 6.07) is 6.61. The first-order valence-corrected chi connectivity index (χ1v) is 41.6. The number of aromatic nitrogens is 15. The fraction of sp³-hybridized carbons (Fsp3) is 0.643. The highest BCUT2D eigenvalue weighted by Gasteiger charge is 2.47. The standard InChI is InChI=1S/C29H43N7O4.C28H41N7O4.C27H39N7O4/c1-19(17-40-5)32-27-30-15-25-23(13-24(36(25)33-27)20-7-9-22(37)10-8-20)21-14-31-35(16-21)28(2,3)26(38)34-12-6-11-29(4,39)18-34;1-18(16-39-5)31-26-29-14-24-22(12-23(35(24)32-26)19-6-8-21(36)9-7-19)20-13-30-34(15-20)27(2,3)25(37)33-11-10-28(4,38)17-33;1-17(14-38-5)30-25-28-12-23-21(10-22(34(23)31-25)18-6-8-20(35)9-7-18)19-11-29-33(13-19)26(2,3)24(36)32-15-27(4,37)16-32/h13-16,19-20,22,37,39H,6-12,17-18H2,1-5H3,(H,32,33);12-15,18-19,21,36,38H,6-11,16-17H2,1-5H3,(H,31,32);10-13,17-18,20,35,37H,6-9,14-16H2,1-5H3,(H,30,31)/t19-,20?,22?,29?;18-,19?,21?,28?;17-,18?,20?/m000/s1. The number of nitrogens with zero attached hydrogens (tertiary/aromatic N) is 18. The topological polar surface area (TPSA) is 390 Å². The Kier molecular flexibility index (Phi) is 25.5. The van der Waals surface area contributed by atoms with Crippen molar-refractivity contribution in [2.24, 2.45) is 0 Å². The van der Waals surface area contributed by atoms with Gasteiger partial charge in [0, 0.05) is 152 Å². The van der Waals surface area contributed by atoms with E-state index >= 15 is 0 Å². The molecule has 0 bridgehead atoms. The van der Waals surface area contributed by atoms with E-state index in [0.29, 0.717) is 89.8 Å². The predicted molar refractivity (Wildman–Crippen MR) is 443 cm³/mol. The Morgan fingerprint density at radius 1 is 0.436 bits per heavy atom. The summed E-state index contributed by atoms with van der Waals surface area (Å²) in [5.74, 6) is 2.17. The fourth-order valence-corrected chi connectivity index (χ4v) is 17.6. The van der Waals surface area contributed by atoms with Crippen molar-refractivity contribution in [3.63, 3.8) is 0 Å². The SMILES string of the molecule is COC[C@H](C)Nc1ncc2c(-c3cnn(C(C)(C)C(=O)N4CC(C)(O)C4)c3)cc(C3CCC(O)CC3)n2n1.COC[C@H](C)Nc1ncc2c(-c3cnn(C(C)(C)C(=O)N4CCC(C)(O)C4)c3)cc(C3CCC(O)CC3)n2n1.COC[C@H](C)Nc1ncc2c(-c3cnn(C(C)(C)C(=O)N4CCCC(C)(O)C4)c3)cc(C3CCC(O)CC3)n2n1. The molecule has 3 saturated heterocycles. The summed E-state index contributed by atoms with van der Waals surface area (Å²) in [5.41, 5.74) is 6.02. The first-order valence-electron chi connectivity index (χ1n) is 41.6. The van der Waals surface area contributed by atoms with Gasteiger partial charge in [-0.05, 0) is 198 Å². The van der Waals surface area contributed by atoms with Gasteiger partial charge in [-0.3, -0.25) is 28.4 Å². The van der Waals surface area contributed by atoms with Crippen LogP contribution in [0.25, 0.3) is 49.9 Å². The molecule has 0 aromatic carbocycles. The molecular formula is C84H123N21O12. The zero-order chi connectivity index (χ0) is 83.8. The first kappa shape index (κ1) is 85.8. The smallest absolute Gasteiger partial charge is 0.250 e. The number of fused-ring (bicyclic) bond motifs is 3. The van der Waals surface area contributed by atoms with Crippen molar-refractivity contribution < 1.29 is 59.2 Å². The number of piperidine rings is 1. The normalized spacial score (nSPS) is 24.0. The fourth-order valence-electron chi connectivity index (χ4n) is 17.6. The van der Waals surface area contributed by atoms with E-state index in [9.17, 15) is 45.0 Å². The summed E-state index contributed by atoms with van der Waals surface area (Å²) < 4.78 is 26.8. The molecular weight excluding hydrogens is 1500 g/mol. The maximum absolute atomic E-state index is 13.6. The Hall–Kier alpha value is -9.06. The molecule has 33 heteroatoms. The lowest BCUT2D eigenvalue weighted by molar-refractivity contribution is -0.160. The van der Waals surface area contributed by atoms with Crippen LogP contribution in [0.1, 0.15) is 214 Å². The molecule has 3 aliphatic carbocycles. The number of rotatable bonds is 24. The van der Waals surface area contributed by atoms with Crippen molar-refractivity contribution >= 4 is 52.1 Å². The first-order chi connectivity index (χ1) is 55.4. The molecule has 2 unspecified atom stereocenters. The van der Waals surface area contributed by atoms with Gasteiger partial charge in [-0.1, -0.05) is 0 Å². The van der Waals surface area contributed by atoms with E-state index in [-0.39, 0.29) is 71.9 Å². The van der Waals surface area contributed by atoms with Gasteiger partial charge in [-0.2, -0.15) is 15.3 Å². The van der Waals surface area contributed by atoms with Crippen LogP contribution in [0.2, 0.25) is 0 Å². The van der Waals surface area contributed by atoms with Crippen molar-refractivity contribution in [1.29, 1.82) is 0 Å². The van der Waals surface area contributed by atoms with E-state index in [1.54, 1.807) is 89.4 Å². The number of nitrogens with one attached hydrogen (secondary N) is 3. The number of aliphatic hydroxyl groups is 6. The summed E-state index contributed by atoms with van der Waals surface area (Å²) in [6.07, 6.45) is 27.8. The summed E-state index contributed by atoms with van der Waals surface area (Å²) in [6.45, 7) is 26.5. The van der Waals surface area contributed by atoms with Gasteiger partial charge in [0.25, 0.3) is 0 Å². The highest BCUT2D eigenvalue weighted by molar-refractivity contribution is 5.88. The Labute approximate surface area is 683 Å². The maximum Gasteiger partial charge on any atom is 0.250 e. The van der Waals surface area contributed by atoms with Gasteiger partial charge in [0.15, 0.2) is 0 Å². The van der Waals surface area contributed by atoms with Crippen molar-refractivity contribution in [3.8, 4) is 33.4 Å². The van der Waals surface area contributed by atoms with E-state index in [1.807, 2.05) is 113 Å². The van der Waals surface area contributed by atoms with Crippen LogP contribution in [0.5, 0.6) is 0 Å². The van der Waals surface area contributed by atoms with Crippen LogP contribution in [-0.4, -0.2) is 270 Å². The number of aliphatic hydroxyl groups excluding tert-OH is 3. The Balaban J connectivity index is 0.000000152. The average molecular weight is 1620 g/mol. The van der Waals surface area contributed by atoms with Crippen LogP contribution in [0.15, 0.2) is 74.0 Å². The second kappa shape index (κ2) is 34.7. The van der Waals surface area contributed by atoms with Gasteiger partial charge in [0.05, 0.1) is 122 Å². The average Bonchev–Trinajstić information content (AvgIpc) is 1.62. The number of methoxy groups -OCH3 is 3. The summed E-state index contributed by atoms with van der Waals surface area (Å²) >= 11 is 0. The molecule has 636 valence electrons. The molecule has 6 aliphatic rings. The predicted octanol–water partition coefficient (Wildman–Crippen LogP) is 8.33. The van der Waals surface area contributed by atoms with E-state index in [4.69, 9.17) is 29.5 Å². The van der Waals surface area contributed by atoms with Crippen molar-refractivity contribution in [3.05, 3.63) is 91.1 Å². The lowest BCUT2D eigenvalue weighted by atomic mass is 9.85. The van der Waals surface area contributed by atoms with Gasteiger partial charge in [0.1, 0.15) is 16.6 Å². The number of anilines is 3. The molecule has 3 aliphatic heterocycles. The van der Waals surface area contributed by atoms with Crippen molar-refractivity contribution in [2.45, 2.75) is 267 Å². The molecule has 6 fully saturated rings. The Morgan fingerprint density at radius 3 is 1.02 bits per heavy atom. The minimum absolute atomic E-state index is 0.0485. The molecule has 15 rings (SSSR count). The number of carbonyl (C=O) groups is 3. The lowest BCUT2D eigenvalue weighted by Gasteiger charge is -2.46. The molecule has 3 amide bonds. The number of likely N-dealkylation sites (tertiary alicyclic amines) is 3. The second-order valence-electron chi connectivity index (χ2n) is 36.3. The zero-order valence-corrected chi connectivity index (χ0v) is 70.8. The molecule has 5 atom stereocenters. The molecule has 33 nitrogen and oxygen atoms in total. The molecule has 117 heavy (non-hydrogen) atoms. The number of amides is 3. The van der Waals surface area contributed by atoms with E-state index in [0.717, 1.165) is 150 Å². The van der Waals surface area contributed by atoms with Gasteiger partial charge >= 0.3 is 0 Å². The van der Waals surface area contributed by atoms with Gasteiger partial charge in [-0.25, -0.2) is 28.5 Å². The maximum atomic E-state index is 13.6. The molecule has 3 saturated carbocycles. The van der Waals surface area contributed by atoms with E-state index < -0.39 is 33.4 Å². The largest absolute Gasteiger partial charge is 0.393 e. The van der Waals surface area contributed by atoms with E-state index in [1.165, 1.54) is 0 Å². The van der Waals surface area contributed by atoms with Crippen LogP contribution in [0.3, 0.4) is 0 Å². The minimum Gasteiger partial charge on any atom is -0.393 e. The van der Waals surface area contributed by atoms with Gasteiger partial charge in [-0.15, -0.1) is 15.3 Å². The number of hydrogen-bond donors (Lipinski definition) is 9. The molecule has 12 heterocycles. The zero-order valence-electron chi connectivity index (χ0n) is 70.8.